The molecule has 0 heterocycles. The van der Waals surface area contributed by atoms with Crippen molar-refractivity contribution in [3.63, 3.8) is 0 Å². The first kappa shape index (κ1) is 32.5. The summed E-state index contributed by atoms with van der Waals surface area (Å²) in [5, 5.41) is 24.5. The molecule has 2 amide bonds. The van der Waals surface area contributed by atoms with Crippen LogP contribution in [0.3, 0.4) is 0 Å². The van der Waals surface area contributed by atoms with Crippen LogP contribution in [0.2, 0.25) is 0 Å². The molecule has 0 aromatic heterocycles. The highest BCUT2D eigenvalue weighted by molar-refractivity contribution is 5.94. The molecule has 0 aliphatic heterocycles. The van der Waals surface area contributed by atoms with Crippen molar-refractivity contribution in [3.05, 3.63) is 108 Å². The Morgan fingerprint density at radius 3 is 1.72 bits per heavy atom. The maximum Gasteiger partial charge on any atom is 0.325 e. The molecule has 4 atom stereocenters. The number of carboxylic acids is 2. The zero-order chi connectivity index (χ0) is 31.2. The van der Waals surface area contributed by atoms with E-state index < -0.39 is 60.2 Å². The lowest BCUT2D eigenvalue weighted by molar-refractivity contribution is -0.147. The molecule has 11 nitrogen and oxygen atoms in total. The summed E-state index contributed by atoms with van der Waals surface area (Å²) in [6.07, 6.45) is -0.251. The molecule has 3 rings (SSSR count). The molecule has 3 aromatic rings. The number of carbonyl (C=O) groups excluding carboxylic acids is 3. The third-order valence-electron chi connectivity index (χ3n) is 6.80. The quantitative estimate of drug-likeness (QED) is 0.156. The third-order valence-corrected chi connectivity index (χ3v) is 6.80. The van der Waals surface area contributed by atoms with E-state index in [0.717, 1.165) is 11.1 Å². The van der Waals surface area contributed by atoms with E-state index in [1.54, 1.807) is 84.9 Å². The van der Waals surface area contributed by atoms with Crippen LogP contribution in [0, 0.1) is 11.8 Å². The summed E-state index contributed by atoms with van der Waals surface area (Å²) in [5.41, 5.74) is 8.16. The van der Waals surface area contributed by atoms with Crippen LogP contribution in [0.4, 0.5) is 0 Å². The van der Waals surface area contributed by atoms with Crippen molar-refractivity contribution in [3.8, 4) is 0 Å². The molecule has 0 aliphatic rings. The van der Waals surface area contributed by atoms with E-state index in [2.05, 4.69) is 10.6 Å². The summed E-state index contributed by atoms with van der Waals surface area (Å²) in [6.45, 7) is -0.593. The standard InChI is InChI=1S/C32H35N3O8/c33-26(18-24(31(39)40)16-21-10-4-1-5-11-21)29(37)35-28(25(32(41)42)17-22-12-6-2-7-13-22)30(38)34-19-27(36)43-20-23-14-8-3-9-15-23/h1-15,24-26,28H,16-20,33H2,(H,34,38)(H,35,37)(H,39,40)(H,41,42)/t24?,25?,26-,28-/m0/s1. The lowest BCUT2D eigenvalue weighted by Gasteiger charge is -2.26. The molecular formula is C32H35N3O8. The number of carbonyl (C=O) groups is 5. The topological polar surface area (TPSA) is 185 Å². The number of aliphatic carboxylic acids is 2. The zero-order valence-electron chi connectivity index (χ0n) is 23.4. The molecule has 0 fully saturated rings. The molecule has 0 spiro atoms. The van der Waals surface area contributed by atoms with Crippen molar-refractivity contribution in [1.82, 2.24) is 10.6 Å². The molecule has 0 saturated heterocycles. The number of nitrogens with two attached hydrogens (primary N) is 1. The number of ether oxygens (including phenoxy) is 1. The monoisotopic (exact) mass is 589 g/mol. The Bertz CT molecular complexity index is 1370. The molecule has 6 N–H and O–H groups in total. The molecule has 2 unspecified atom stereocenters. The summed E-state index contributed by atoms with van der Waals surface area (Å²) in [5.74, 6) is -7.54. The van der Waals surface area contributed by atoms with Gasteiger partial charge in [-0.25, -0.2) is 0 Å². The number of carboxylic acid groups (broad SMARTS) is 2. The SMILES string of the molecule is N[C@@H](CC(Cc1ccccc1)C(=O)O)C(=O)N[C@H](C(=O)NCC(=O)OCc1ccccc1)C(Cc1ccccc1)C(=O)O. The van der Waals surface area contributed by atoms with E-state index in [9.17, 15) is 34.2 Å². The van der Waals surface area contributed by atoms with Crippen LogP contribution >= 0.6 is 0 Å². The first-order valence-corrected chi connectivity index (χ1v) is 13.7. The normalized spacial score (nSPS) is 13.5. The average Bonchev–Trinajstić information content (AvgIpc) is 3.01. The number of hydrogen-bond donors (Lipinski definition) is 5. The molecular weight excluding hydrogens is 554 g/mol. The van der Waals surface area contributed by atoms with Crippen LogP contribution in [-0.2, 0) is 48.2 Å². The first-order chi connectivity index (χ1) is 20.6. The van der Waals surface area contributed by atoms with Gasteiger partial charge in [0.25, 0.3) is 0 Å². The second kappa shape index (κ2) is 16.4. The third kappa shape index (κ3) is 10.7. The minimum Gasteiger partial charge on any atom is -0.481 e. The van der Waals surface area contributed by atoms with Crippen LogP contribution in [0.1, 0.15) is 23.1 Å². The van der Waals surface area contributed by atoms with Gasteiger partial charge in [-0.15, -0.1) is 0 Å². The van der Waals surface area contributed by atoms with E-state index in [4.69, 9.17) is 10.5 Å². The molecule has 3 aromatic carbocycles. The molecule has 11 heteroatoms. The van der Waals surface area contributed by atoms with Crippen LogP contribution in [0.25, 0.3) is 0 Å². The van der Waals surface area contributed by atoms with Gasteiger partial charge in [0.05, 0.1) is 17.9 Å². The predicted molar refractivity (Wildman–Crippen MR) is 156 cm³/mol. The smallest absolute Gasteiger partial charge is 0.325 e. The van der Waals surface area contributed by atoms with Gasteiger partial charge in [0.1, 0.15) is 19.2 Å². The Morgan fingerprint density at radius 2 is 1.21 bits per heavy atom. The fourth-order valence-corrected chi connectivity index (χ4v) is 4.47. The average molecular weight is 590 g/mol. The molecule has 0 saturated carbocycles. The van der Waals surface area contributed by atoms with Gasteiger partial charge in [-0.05, 0) is 36.0 Å². The van der Waals surface area contributed by atoms with Gasteiger partial charge in [-0.3, -0.25) is 24.0 Å². The Morgan fingerprint density at radius 1 is 0.698 bits per heavy atom. The summed E-state index contributed by atoms with van der Waals surface area (Å²) < 4.78 is 5.16. The number of nitrogens with one attached hydrogen (secondary N) is 2. The highest BCUT2D eigenvalue weighted by atomic mass is 16.5. The van der Waals surface area contributed by atoms with Gasteiger partial charge in [0, 0.05) is 0 Å². The fourth-order valence-electron chi connectivity index (χ4n) is 4.47. The van der Waals surface area contributed by atoms with Crippen molar-refractivity contribution in [2.45, 2.75) is 38.0 Å². The fraction of sp³-hybridized carbons (Fsp3) is 0.281. The Hall–Kier alpha value is -5.03. The minimum atomic E-state index is -1.63. The van der Waals surface area contributed by atoms with Crippen LogP contribution < -0.4 is 16.4 Å². The van der Waals surface area contributed by atoms with Crippen LogP contribution in [0.15, 0.2) is 91.0 Å². The minimum absolute atomic E-state index is 0.0238. The van der Waals surface area contributed by atoms with Crippen molar-refractivity contribution >= 4 is 29.7 Å². The maximum atomic E-state index is 13.3. The van der Waals surface area contributed by atoms with Gasteiger partial charge in [0.15, 0.2) is 0 Å². The summed E-state index contributed by atoms with van der Waals surface area (Å²) in [6, 6.07) is 23.3. The summed E-state index contributed by atoms with van der Waals surface area (Å²) in [4.78, 5) is 62.9. The summed E-state index contributed by atoms with van der Waals surface area (Å²) in [7, 11) is 0. The van der Waals surface area contributed by atoms with Crippen LogP contribution in [0.5, 0.6) is 0 Å². The number of hydrogen-bond acceptors (Lipinski definition) is 7. The van der Waals surface area contributed by atoms with Crippen molar-refractivity contribution in [2.75, 3.05) is 6.54 Å². The maximum absolute atomic E-state index is 13.3. The lowest BCUT2D eigenvalue weighted by Crippen LogP contribution is -2.57. The molecule has 0 radical (unpaired) electrons. The number of amides is 2. The van der Waals surface area contributed by atoms with E-state index in [1.807, 2.05) is 6.07 Å². The largest absolute Gasteiger partial charge is 0.481 e. The van der Waals surface area contributed by atoms with E-state index in [-0.39, 0.29) is 25.9 Å². The van der Waals surface area contributed by atoms with Crippen molar-refractivity contribution in [1.29, 1.82) is 0 Å². The van der Waals surface area contributed by atoms with Crippen molar-refractivity contribution in [2.24, 2.45) is 17.6 Å². The second-order valence-corrected chi connectivity index (χ2v) is 10.1. The first-order valence-electron chi connectivity index (χ1n) is 13.7. The molecule has 0 aliphatic carbocycles. The van der Waals surface area contributed by atoms with Crippen molar-refractivity contribution < 1.29 is 38.9 Å². The Kier molecular flexibility index (Phi) is 12.4. The van der Waals surface area contributed by atoms with E-state index >= 15 is 0 Å². The Balaban J connectivity index is 1.72. The van der Waals surface area contributed by atoms with Crippen LogP contribution in [-0.4, -0.2) is 58.6 Å². The number of benzene rings is 3. The van der Waals surface area contributed by atoms with Gasteiger partial charge in [0.2, 0.25) is 11.8 Å². The van der Waals surface area contributed by atoms with E-state index in [1.165, 1.54) is 0 Å². The van der Waals surface area contributed by atoms with Gasteiger partial charge < -0.3 is 31.3 Å². The molecule has 43 heavy (non-hydrogen) atoms. The van der Waals surface area contributed by atoms with Gasteiger partial charge >= 0.3 is 17.9 Å². The van der Waals surface area contributed by atoms with Gasteiger partial charge in [-0.2, -0.15) is 0 Å². The Labute approximate surface area is 249 Å². The second-order valence-electron chi connectivity index (χ2n) is 10.1. The molecule has 226 valence electrons. The zero-order valence-corrected chi connectivity index (χ0v) is 23.4. The van der Waals surface area contributed by atoms with Gasteiger partial charge in [-0.1, -0.05) is 91.0 Å². The molecule has 0 bridgehead atoms. The van der Waals surface area contributed by atoms with E-state index in [0.29, 0.717) is 5.56 Å². The lowest BCUT2D eigenvalue weighted by atomic mass is 9.90. The number of esters is 1. The predicted octanol–water partition coefficient (Wildman–Crippen LogP) is 1.94. The number of rotatable bonds is 16. The summed E-state index contributed by atoms with van der Waals surface area (Å²) >= 11 is 0. The highest BCUT2D eigenvalue weighted by Gasteiger charge is 2.37. The highest BCUT2D eigenvalue weighted by Crippen LogP contribution is 2.17.